The maximum Gasteiger partial charge on any atom is 0.244 e. The summed E-state index contributed by atoms with van der Waals surface area (Å²) in [4.78, 5) is 3.80. The molecule has 7 heteroatoms. The fourth-order valence-corrected chi connectivity index (χ4v) is 3.79. The Morgan fingerprint density at radius 2 is 2.11 bits per heavy atom. The first-order valence-corrected chi connectivity index (χ1v) is 7.51. The monoisotopic (exact) mass is 290 g/mol. The number of nitrogens with one attached hydrogen (secondary N) is 1. The smallest absolute Gasteiger partial charge is 0.244 e. The fraction of sp³-hybridized carbons (Fsp3) is 0.545. The minimum absolute atomic E-state index is 0.0133. The Balaban J connectivity index is 2.25. The minimum Gasteiger partial charge on any atom is -0.381 e. The van der Waals surface area contributed by atoms with Crippen molar-refractivity contribution in [3.8, 4) is 0 Å². The van der Waals surface area contributed by atoms with E-state index in [1.54, 1.807) is 6.07 Å². The highest BCUT2D eigenvalue weighted by molar-refractivity contribution is 7.89. The summed E-state index contributed by atoms with van der Waals surface area (Å²) >= 11 is 5.82. The molecule has 2 rings (SSSR count). The first kappa shape index (κ1) is 13.7. The van der Waals surface area contributed by atoms with Crippen LogP contribution in [-0.2, 0) is 14.8 Å². The summed E-state index contributed by atoms with van der Waals surface area (Å²) < 4.78 is 32.4. The van der Waals surface area contributed by atoms with Crippen LogP contribution in [0.25, 0.3) is 0 Å². The predicted molar refractivity (Wildman–Crippen MR) is 68.0 cm³/mol. The van der Waals surface area contributed by atoms with E-state index in [0.29, 0.717) is 26.1 Å². The second-order valence-electron chi connectivity index (χ2n) is 4.57. The molecule has 0 bridgehead atoms. The highest BCUT2D eigenvalue weighted by atomic mass is 35.5. The molecule has 0 amide bonds. The van der Waals surface area contributed by atoms with E-state index in [2.05, 4.69) is 9.71 Å². The maximum atomic E-state index is 12.3. The molecule has 1 aromatic heterocycles. The first-order valence-electron chi connectivity index (χ1n) is 5.65. The molecule has 0 saturated carbocycles. The van der Waals surface area contributed by atoms with Gasteiger partial charge in [0, 0.05) is 24.9 Å². The molecule has 1 aliphatic heterocycles. The van der Waals surface area contributed by atoms with Crippen molar-refractivity contribution in [3.05, 3.63) is 23.5 Å². The van der Waals surface area contributed by atoms with Gasteiger partial charge in [0.1, 0.15) is 10.0 Å². The van der Waals surface area contributed by atoms with Crippen molar-refractivity contribution < 1.29 is 13.2 Å². The van der Waals surface area contributed by atoms with Gasteiger partial charge >= 0.3 is 0 Å². The van der Waals surface area contributed by atoms with E-state index in [1.165, 1.54) is 12.3 Å². The first-order chi connectivity index (χ1) is 8.43. The highest BCUT2D eigenvalue weighted by Gasteiger charge is 2.33. The molecular formula is C11H15ClN2O3S. The molecule has 0 aromatic carbocycles. The van der Waals surface area contributed by atoms with Crippen molar-refractivity contribution in [3.63, 3.8) is 0 Å². The normalized spacial score (nSPS) is 19.7. The number of rotatable bonds is 3. The third-order valence-electron chi connectivity index (χ3n) is 2.99. The van der Waals surface area contributed by atoms with E-state index in [9.17, 15) is 8.42 Å². The third kappa shape index (κ3) is 3.00. The molecular weight excluding hydrogens is 276 g/mol. The average molecular weight is 291 g/mol. The molecule has 0 unspecified atom stereocenters. The Labute approximate surface area is 112 Å². The molecule has 1 aliphatic rings. The van der Waals surface area contributed by atoms with E-state index < -0.39 is 15.6 Å². The largest absolute Gasteiger partial charge is 0.381 e. The number of nitrogens with zero attached hydrogens (tertiary/aromatic N) is 1. The Bertz CT molecular complexity index is 527. The van der Waals surface area contributed by atoms with E-state index in [4.69, 9.17) is 16.3 Å². The van der Waals surface area contributed by atoms with E-state index >= 15 is 0 Å². The summed E-state index contributed by atoms with van der Waals surface area (Å²) in [5, 5.41) is -0.0133. The van der Waals surface area contributed by atoms with Crippen LogP contribution < -0.4 is 4.72 Å². The molecule has 1 aromatic rings. The lowest BCUT2D eigenvalue weighted by atomic mass is 9.94. The molecule has 0 aliphatic carbocycles. The van der Waals surface area contributed by atoms with Crippen LogP contribution in [0.3, 0.4) is 0 Å². The summed E-state index contributed by atoms with van der Waals surface area (Å²) in [5.41, 5.74) is -0.490. The van der Waals surface area contributed by atoms with Crippen LogP contribution >= 0.6 is 11.6 Å². The van der Waals surface area contributed by atoms with Crippen LogP contribution in [0.1, 0.15) is 19.8 Å². The van der Waals surface area contributed by atoms with E-state index in [0.717, 1.165) is 0 Å². The molecule has 0 atom stereocenters. The zero-order chi connectivity index (χ0) is 13.2. The predicted octanol–water partition coefficient (Wildman–Crippen LogP) is 1.58. The van der Waals surface area contributed by atoms with Crippen molar-refractivity contribution in [2.75, 3.05) is 13.2 Å². The minimum atomic E-state index is -3.65. The van der Waals surface area contributed by atoms with Gasteiger partial charge in [0.15, 0.2) is 0 Å². The van der Waals surface area contributed by atoms with Crippen LogP contribution in [0, 0.1) is 0 Å². The highest BCUT2D eigenvalue weighted by Crippen LogP contribution is 2.25. The van der Waals surface area contributed by atoms with Crippen molar-refractivity contribution >= 4 is 21.6 Å². The lowest BCUT2D eigenvalue weighted by molar-refractivity contribution is 0.0537. The Kier molecular flexibility index (Phi) is 3.91. The SMILES string of the molecule is CC1(NS(=O)(=O)c2cccnc2Cl)CCOCC1. The lowest BCUT2D eigenvalue weighted by Gasteiger charge is -2.33. The Morgan fingerprint density at radius 1 is 1.44 bits per heavy atom. The van der Waals surface area contributed by atoms with Crippen molar-refractivity contribution in [1.29, 1.82) is 0 Å². The molecule has 5 nitrogen and oxygen atoms in total. The second kappa shape index (κ2) is 5.13. The maximum absolute atomic E-state index is 12.3. The van der Waals surface area contributed by atoms with Gasteiger partial charge in [-0.3, -0.25) is 0 Å². The zero-order valence-corrected chi connectivity index (χ0v) is 11.6. The Morgan fingerprint density at radius 3 is 2.72 bits per heavy atom. The summed E-state index contributed by atoms with van der Waals surface area (Å²) in [5.74, 6) is 0. The number of ether oxygens (including phenoxy) is 1. The van der Waals surface area contributed by atoms with Gasteiger partial charge in [0.05, 0.1) is 0 Å². The van der Waals surface area contributed by atoms with Gasteiger partial charge in [-0.05, 0) is 31.9 Å². The summed E-state index contributed by atoms with van der Waals surface area (Å²) in [6.45, 7) is 2.98. The number of hydrogen-bond donors (Lipinski definition) is 1. The van der Waals surface area contributed by atoms with Gasteiger partial charge in [-0.25, -0.2) is 18.1 Å². The number of sulfonamides is 1. The van der Waals surface area contributed by atoms with Gasteiger partial charge in [-0.15, -0.1) is 0 Å². The third-order valence-corrected chi connectivity index (χ3v) is 5.07. The molecule has 0 spiro atoms. The summed E-state index contributed by atoms with van der Waals surface area (Å²) in [7, 11) is -3.65. The van der Waals surface area contributed by atoms with Crippen LogP contribution in [0.4, 0.5) is 0 Å². The van der Waals surface area contributed by atoms with Gasteiger partial charge in [0.2, 0.25) is 10.0 Å². The van der Waals surface area contributed by atoms with Crippen molar-refractivity contribution in [2.45, 2.75) is 30.2 Å². The van der Waals surface area contributed by atoms with Crippen LogP contribution in [-0.4, -0.2) is 32.2 Å². The van der Waals surface area contributed by atoms with Gasteiger partial charge < -0.3 is 4.74 Å². The van der Waals surface area contributed by atoms with Gasteiger partial charge in [0.25, 0.3) is 0 Å². The molecule has 100 valence electrons. The summed E-state index contributed by atoms with van der Waals surface area (Å²) in [6.07, 6.45) is 2.74. The van der Waals surface area contributed by atoms with Crippen LogP contribution in [0.5, 0.6) is 0 Å². The van der Waals surface area contributed by atoms with E-state index in [-0.39, 0.29) is 10.0 Å². The molecule has 1 N–H and O–H groups in total. The molecule has 1 saturated heterocycles. The number of pyridine rings is 1. The molecule has 2 heterocycles. The topological polar surface area (TPSA) is 68.3 Å². The number of hydrogen-bond acceptors (Lipinski definition) is 4. The van der Waals surface area contributed by atoms with Gasteiger partial charge in [-0.1, -0.05) is 11.6 Å². The quantitative estimate of drug-likeness (QED) is 0.858. The second-order valence-corrected chi connectivity index (χ2v) is 6.58. The number of aromatic nitrogens is 1. The molecule has 0 radical (unpaired) electrons. The van der Waals surface area contributed by atoms with Crippen molar-refractivity contribution in [2.24, 2.45) is 0 Å². The van der Waals surface area contributed by atoms with Crippen molar-refractivity contribution in [1.82, 2.24) is 9.71 Å². The average Bonchev–Trinajstić information content (AvgIpc) is 2.28. The van der Waals surface area contributed by atoms with E-state index in [1.807, 2.05) is 6.92 Å². The number of halogens is 1. The van der Waals surface area contributed by atoms with Crippen LogP contribution in [0.2, 0.25) is 5.15 Å². The standard InChI is InChI=1S/C11H15ClN2O3S/c1-11(4-7-17-8-5-11)14-18(15,16)9-3-2-6-13-10(9)12/h2-3,6,14H,4-5,7-8H2,1H3. The molecule has 1 fully saturated rings. The summed E-state index contributed by atoms with van der Waals surface area (Å²) in [6, 6.07) is 2.99. The van der Waals surface area contributed by atoms with Gasteiger partial charge in [-0.2, -0.15) is 0 Å². The zero-order valence-electron chi connectivity index (χ0n) is 10.0. The lowest BCUT2D eigenvalue weighted by Crippen LogP contribution is -2.49. The fourth-order valence-electron chi connectivity index (χ4n) is 1.88. The molecule has 18 heavy (non-hydrogen) atoms. The Hall–Kier alpha value is -0.690. The van der Waals surface area contributed by atoms with Crippen LogP contribution in [0.15, 0.2) is 23.2 Å².